The summed E-state index contributed by atoms with van der Waals surface area (Å²) in [6.45, 7) is 2.60. The van der Waals surface area contributed by atoms with Gasteiger partial charge in [0.05, 0.1) is 34.5 Å². The third-order valence-corrected chi connectivity index (χ3v) is 4.30. The molecule has 29 heavy (non-hydrogen) atoms. The van der Waals surface area contributed by atoms with Crippen LogP contribution in [-0.2, 0) is 4.74 Å². The zero-order valence-corrected chi connectivity index (χ0v) is 15.9. The molecule has 154 valence electrons. The molecule has 0 bridgehead atoms. The van der Waals surface area contributed by atoms with Gasteiger partial charge in [0.15, 0.2) is 6.73 Å². The molecule has 0 fully saturated rings. The summed E-state index contributed by atoms with van der Waals surface area (Å²) in [5, 5.41) is 13.8. The van der Waals surface area contributed by atoms with Gasteiger partial charge in [-0.15, -0.1) is 0 Å². The van der Waals surface area contributed by atoms with Crippen molar-refractivity contribution in [3.63, 3.8) is 0 Å². The zero-order chi connectivity index (χ0) is 21.0. The smallest absolute Gasteiger partial charge is 0.273 e. The second-order valence-electron chi connectivity index (χ2n) is 6.04. The number of nitrogens with one attached hydrogen (secondary N) is 1. The number of non-ortho nitro benzene ring substituents is 1. The number of carbonyl (C=O) groups excluding carboxylic acids is 1. The van der Waals surface area contributed by atoms with E-state index in [-0.39, 0.29) is 54.1 Å². The van der Waals surface area contributed by atoms with E-state index in [9.17, 15) is 19.3 Å². The average molecular weight is 405 g/mol. The maximum Gasteiger partial charge on any atom is 0.273 e. The van der Waals surface area contributed by atoms with Crippen molar-refractivity contribution < 1.29 is 28.3 Å². The number of nitro groups is 1. The van der Waals surface area contributed by atoms with Gasteiger partial charge in [-0.3, -0.25) is 19.8 Å². The Kier molecular flexibility index (Phi) is 6.13. The number of nitro benzene ring substituents is 1. The summed E-state index contributed by atoms with van der Waals surface area (Å²) in [4.78, 5) is 24.8. The van der Waals surface area contributed by atoms with Crippen molar-refractivity contribution >= 4 is 23.0 Å². The van der Waals surface area contributed by atoms with Crippen LogP contribution < -0.4 is 19.7 Å². The highest BCUT2D eigenvalue weighted by Crippen LogP contribution is 2.37. The van der Waals surface area contributed by atoms with Crippen LogP contribution in [0.1, 0.15) is 17.3 Å². The number of amides is 1. The van der Waals surface area contributed by atoms with Crippen LogP contribution >= 0.6 is 0 Å². The highest BCUT2D eigenvalue weighted by molar-refractivity contribution is 6.09. The standard InChI is InChI=1S/C19H20FN3O6/c1-3-27-6-7-28-18-8-12(23(25)26)4-5-16(18)22-11-29-17-10-15(21-2)14(20)9-13(17)19(22)24/h4-5,8-10,21H,3,6-7,11H2,1-2H3. The van der Waals surface area contributed by atoms with E-state index < -0.39 is 16.6 Å². The van der Waals surface area contributed by atoms with E-state index in [1.807, 2.05) is 6.92 Å². The number of benzene rings is 2. The molecule has 1 aliphatic heterocycles. The number of hydrogen-bond donors (Lipinski definition) is 1. The molecule has 1 heterocycles. The molecule has 3 rings (SSSR count). The molecule has 0 radical (unpaired) electrons. The molecule has 10 heteroatoms. The minimum atomic E-state index is -0.595. The first-order chi connectivity index (χ1) is 14.0. The molecule has 0 aliphatic carbocycles. The fraction of sp³-hybridized carbons (Fsp3) is 0.316. The van der Waals surface area contributed by atoms with Gasteiger partial charge in [0.1, 0.15) is 23.9 Å². The van der Waals surface area contributed by atoms with Gasteiger partial charge in [-0.1, -0.05) is 0 Å². The Labute approximate surface area is 166 Å². The quantitative estimate of drug-likeness (QED) is 0.409. The Bertz CT molecular complexity index is 936. The van der Waals surface area contributed by atoms with Crippen molar-refractivity contribution in [2.75, 3.05) is 43.8 Å². The first kappa shape index (κ1) is 20.3. The number of fused-ring (bicyclic) bond motifs is 1. The van der Waals surface area contributed by atoms with Crippen LogP contribution in [0.4, 0.5) is 21.5 Å². The molecule has 2 aromatic rings. The van der Waals surface area contributed by atoms with Crippen molar-refractivity contribution in [2.45, 2.75) is 6.92 Å². The Hall–Kier alpha value is -3.40. The lowest BCUT2D eigenvalue weighted by molar-refractivity contribution is -0.384. The first-order valence-electron chi connectivity index (χ1n) is 8.91. The second kappa shape index (κ2) is 8.74. The van der Waals surface area contributed by atoms with Crippen LogP contribution in [0.2, 0.25) is 0 Å². The molecule has 0 unspecified atom stereocenters. The van der Waals surface area contributed by atoms with Crippen LogP contribution in [-0.4, -0.2) is 44.4 Å². The fourth-order valence-electron chi connectivity index (χ4n) is 2.86. The number of anilines is 2. The van der Waals surface area contributed by atoms with Crippen LogP contribution in [0, 0.1) is 15.9 Å². The van der Waals surface area contributed by atoms with Gasteiger partial charge in [0.2, 0.25) is 0 Å². The van der Waals surface area contributed by atoms with Crippen LogP contribution in [0.5, 0.6) is 11.5 Å². The molecule has 0 spiro atoms. The molecule has 9 nitrogen and oxygen atoms in total. The van der Waals surface area contributed by atoms with E-state index in [1.165, 1.54) is 29.2 Å². The summed E-state index contributed by atoms with van der Waals surface area (Å²) < 4.78 is 30.6. The minimum absolute atomic E-state index is 0.0476. The van der Waals surface area contributed by atoms with Gasteiger partial charge < -0.3 is 19.5 Å². The molecule has 0 saturated heterocycles. The van der Waals surface area contributed by atoms with Gasteiger partial charge in [0, 0.05) is 25.8 Å². The lowest BCUT2D eigenvalue weighted by atomic mass is 10.1. The van der Waals surface area contributed by atoms with Crippen LogP contribution in [0.3, 0.4) is 0 Å². The monoisotopic (exact) mass is 405 g/mol. The summed E-state index contributed by atoms with van der Waals surface area (Å²) in [5.41, 5.74) is 0.350. The summed E-state index contributed by atoms with van der Waals surface area (Å²) >= 11 is 0. The van der Waals surface area contributed by atoms with E-state index in [0.29, 0.717) is 6.61 Å². The van der Waals surface area contributed by atoms with Gasteiger partial charge in [-0.05, 0) is 19.1 Å². The van der Waals surface area contributed by atoms with Crippen LogP contribution in [0.15, 0.2) is 30.3 Å². The lowest BCUT2D eigenvalue weighted by Gasteiger charge is -2.30. The maximum absolute atomic E-state index is 14.1. The summed E-state index contributed by atoms with van der Waals surface area (Å²) in [5.74, 6) is -0.720. The molecule has 0 aromatic heterocycles. The molecule has 1 N–H and O–H groups in total. The number of nitrogens with zero attached hydrogens (tertiary/aromatic N) is 2. The van der Waals surface area contributed by atoms with E-state index >= 15 is 0 Å². The number of rotatable bonds is 8. The normalized spacial score (nSPS) is 12.9. The van der Waals surface area contributed by atoms with Crippen molar-refractivity contribution in [2.24, 2.45) is 0 Å². The molecule has 1 aliphatic rings. The zero-order valence-electron chi connectivity index (χ0n) is 15.9. The Morgan fingerprint density at radius 1 is 1.31 bits per heavy atom. The van der Waals surface area contributed by atoms with E-state index in [2.05, 4.69) is 5.32 Å². The number of hydrogen-bond acceptors (Lipinski definition) is 7. The van der Waals surface area contributed by atoms with E-state index in [1.54, 1.807) is 7.05 Å². The van der Waals surface area contributed by atoms with Crippen molar-refractivity contribution in [1.29, 1.82) is 0 Å². The fourth-order valence-corrected chi connectivity index (χ4v) is 2.86. The summed E-state index contributed by atoms with van der Waals surface area (Å²) in [6.07, 6.45) is 0. The lowest BCUT2D eigenvalue weighted by Crippen LogP contribution is -2.39. The number of halogens is 1. The first-order valence-corrected chi connectivity index (χ1v) is 8.91. The largest absolute Gasteiger partial charge is 0.489 e. The average Bonchev–Trinajstić information content (AvgIpc) is 2.71. The predicted octanol–water partition coefficient (Wildman–Crippen LogP) is 3.19. The predicted molar refractivity (Wildman–Crippen MR) is 103 cm³/mol. The summed E-state index contributed by atoms with van der Waals surface area (Å²) in [6, 6.07) is 6.40. The highest BCUT2D eigenvalue weighted by Gasteiger charge is 2.31. The van der Waals surface area contributed by atoms with Crippen LogP contribution in [0.25, 0.3) is 0 Å². The summed E-state index contributed by atoms with van der Waals surface area (Å²) in [7, 11) is 1.56. The highest BCUT2D eigenvalue weighted by atomic mass is 19.1. The van der Waals surface area contributed by atoms with Gasteiger partial charge >= 0.3 is 0 Å². The van der Waals surface area contributed by atoms with Gasteiger partial charge in [-0.25, -0.2) is 4.39 Å². The minimum Gasteiger partial charge on any atom is -0.489 e. The number of carbonyl (C=O) groups is 1. The molecule has 1 amide bonds. The third-order valence-electron chi connectivity index (χ3n) is 4.30. The Morgan fingerprint density at radius 3 is 2.79 bits per heavy atom. The van der Waals surface area contributed by atoms with Crippen molar-refractivity contribution in [3.8, 4) is 11.5 Å². The van der Waals surface area contributed by atoms with Gasteiger partial charge in [0.25, 0.3) is 11.6 Å². The second-order valence-corrected chi connectivity index (χ2v) is 6.04. The molecular formula is C19H20FN3O6. The van der Waals surface area contributed by atoms with E-state index in [4.69, 9.17) is 14.2 Å². The number of ether oxygens (including phenoxy) is 3. The molecular weight excluding hydrogens is 385 g/mol. The Balaban J connectivity index is 1.94. The van der Waals surface area contributed by atoms with E-state index in [0.717, 1.165) is 6.07 Å². The van der Waals surface area contributed by atoms with Crippen molar-refractivity contribution in [3.05, 3.63) is 51.8 Å². The van der Waals surface area contributed by atoms with Gasteiger partial charge in [-0.2, -0.15) is 0 Å². The molecule has 0 saturated carbocycles. The topological polar surface area (TPSA) is 103 Å². The third kappa shape index (κ3) is 4.21. The maximum atomic E-state index is 14.1. The molecule has 0 atom stereocenters. The Morgan fingerprint density at radius 2 is 2.10 bits per heavy atom. The SMILES string of the molecule is CCOCCOc1cc([N+](=O)[O-])ccc1N1COc2cc(NC)c(F)cc2C1=O. The molecule has 2 aromatic carbocycles. The van der Waals surface area contributed by atoms with Crippen molar-refractivity contribution in [1.82, 2.24) is 0 Å².